The van der Waals surface area contributed by atoms with Gasteiger partial charge >= 0.3 is 0 Å². The molecule has 1 heterocycles. The standard InChI is InChI=1S/C12H24BNO4S/c1-19-17-8-9-10(15)11(12(13)18-9)16-7-5-3-2-4-6-14/h9-12,15H,2-8,14H2,1H3/t9-,10?,11?,12-/m1/s1. The number of aliphatic hydroxyl groups is 1. The van der Waals surface area contributed by atoms with Crippen LogP contribution in [0.2, 0.25) is 0 Å². The van der Waals surface area contributed by atoms with Gasteiger partial charge in [0.2, 0.25) is 0 Å². The summed E-state index contributed by atoms with van der Waals surface area (Å²) in [6, 6.07) is -0.588. The van der Waals surface area contributed by atoms with Crippen LogP contribution in [0.3, 0.4) is 0 Å². The van der Waals surface area contributed by atoms with Crippen LogP contribution in [0.1, 0.15) is 25.7 Å². The number of unbranched alkanes of at least 4 members (excludes halogenated alkanes) is 3. The first-order chi connectivity index (χ1) is 9.20. The van der Waals surface area contributed by atoms with E-state index in [2.05, 4.69) is 0 Å². The lowest BCUT2D eigenvalue weighted by molar-refractivity contribution is -0.0266. The molecule has 1 aliphatic heterocycles. The topological polar surface area (TPSA) is 73.9 Å². The van der Waals surface area contributed by atoms with Crippen LogP contribution in [0, 0.1) is 0 Å². The summed E-state index contributed by atoms with van der Waals surface area (Å²) in [7, 11) is 5.81. The molecule has 2 unspecified atom stereocenters. The largest absolute Gasteiger partial charge is 0.388 e. The maximum Gasteiger partial charge on any atom is 0.112 e. The molecule has 7 heteroatoms. The minimum atomic E-state index is -0.730. The number of ether oxygens (including phenoxy) is 2. The molecule has 0 bridgehead atoms. The summed E-state index contributed by atoms with van der Waals surface area (Å²) in [5, 5.41) is 10.1. The van der Waals surface area contributed by atoms with Gasteiger partial charge in [0.1, 0.15) is 26.2 Å². The van der Waals surface area contributed by atoms with Crippen LogP contribution in [0.15, 0.2) is 0 Å². The van der Waals surface area contributed by atoms with Gasteiger partial charge in [0.25, 0.3) is 0 Å². The second-order valence-corrected chi connectivity index (χ2v) is 5.19. The lowest BCUT2D eigenvalue weighted by Gasteiger charge is -2.19. The first-order valence-corrected chi connectivity index (χ1v) is 7.92. The van der Waals surface area contributed by atoms with Gasteiger partial charge in [-0.2, -0.15) is 0 Å². The van der Waals surface area contributed by atoms with Gasteiger partial charge in [-0.3, -0.25) is 0 Å². The van der Waals surface area contributed by atoms with E-state index in [1.54, 1.807) is 0 Å². The minimum absolute atomic E-state index is 0.312. The van der Waals surface area contributed by atoms with Crippen molar-refractivity contribution in [2.45, 2.75) is 50.0 Å². The highest BCUT2D eigenvalue weighted by Crippen LogP contribution is 2.23. The SMILES string of the molecule is [B][C@@H]1O[C@H](COSC)C(O)C1OCCCCCCN. The summed E-state index contributed by atoms with van der Waals surface area (Å²) in [6.45, 7) is 1.63. The number of nitrogens with two attached hydrogens (primary N) is 1. The Balaban J connectivity index is 2.18. The molecular weight excluding hydrogens is 265 g/mol. The van der Waals surface area contributed by atoms with E-state index >= 15 is 0 Å². The molecule has 0 aromatic heterocycles. The van der Waals surface area contributed by atoms with E-state index < -0.39 is 24.3 Å². The number of hydrogen-bond acceptors (Lipinski definition) is 6. The quantitative estimate of drug-likeness (QED) is 0.345. The monoisotopic (exact) mass is 289 g/mol. The molecule has 0 aromatic carbocycles. The molecule has 0 spiro atoms. The van der Waals surface area contributed by atoms with Gasteiger partial charge in [-0.25, -0.2) is 0 Å². The molecule has 1 aliphatic rings. The predicted octanol–water partition coefficient (Wildman–Crippen LogP) is 0.440. The van der Waals surface area contributed by atoms with Crippen molar-refractivity contribution < 1.29 is 18.8 Å². The molecule has 3 N–H and O–H groups in total. The molecule has 4 atom stereocenters. The van der Waals surface area contributed by atoms with Gasteiger partial charge in [-0.15, -0.1) is 0 Å². The fraction of sp³-hybridized carbons (Fsp3) is 1.00. The van der Waals surface area contributed by atoms with Crippen LogP contribution in [0.4, 0.5) is 0 Å². The first-order valence-electron chi connectivity index (χ1n) is 6.77. The molecule has 0 saturated carbocycles. The molecule has 110 valence electrons. The molecule has 19 heavy (non-hydrogen) atoms. The first kappa shape index (κ1) is 17.3. The summed E-state index contributed by atoms with van der Waals surface area (Å²) in [5.74, 6) is 0. The summed E-state index contributed by atoms with van der Waals surface area (Å²) < 4.78 is 16.2. The Morgan fingerprint density at radius 3 is 2.74 bits per heavy atom. The van der Waals surface area contributed by atoms with Crippen LogP contribution in [-0.2, 0) is 13.7 Å². The maximum atomic E-state index is 10.1. The average molecular weight is 289 g/mol. The summed E-state index contributed by atoms with van der Waals surface area (Å²) in [4.78, 5) is 0. The minimum Gasteiger partial charge on any atom is -0.388 e. The highest BCUT2D eigenvalue weighted by atomic mass is 32.2. The van der Waals surface area contributed by atoms with Crippen molar-refractivity contribution in [2.24, 2.45) is 5.73 Å². The van der Waals surface area contributed by atoms with Gasteiger partial charge in [0, 0.05) is 18.9 Å². The smallest absolute Gasteiger partial charge is 0.112 e. The van der Waals surface area contributed by atoms with Crippen LogP contribution in [-0.4, -0.2) is 63.3 Å². The summed E-state index contributed by atoms with van der Waals surface area (Å²) >= 11 is 1.24. The lowest BCUT2D eigenvalue weighted by Crippen LogP contribution is -2.36. The average Bonchev–Trinajstić information content (AvgIpc) is 2.67. The zero-order valence-electron chi connectivity index (χ0n) is 11.5. The van der Waals surface area contributed by atoms with E-state index in [9.17, 15) is 5.11 Å². The van der Waals surface area contributed by atoms with Gasteiger partial charge in [-0.05, 0) is 31.4 Å². The van der Waals surface area contributed by atoms with Crippen molar-refractivity contribution in [1.29, 1.82) is 0 Å². The van der Waals surface area contributed by atoms with Crippen molar-refractivity contribution in [1.82, 2.24) is 0 Å². The molecule has 1 rings (SSSR count). The molecule has 1 fully saturated rings. The van der Waals surface area contributed by atoms with Crippen molar-refractivity contribution >= 4 is 19.9 Å². The molecule has 5 nitrogen and oxygen atoms in total. The Labute approximate surface area is 121 Å². The van der Waals surface area contributed by atoms with Crippen LogP contribution in [0.25, 0.3) is 0 Å². The van der Waals surface area contributed by atoms with E-state index in [0.717, 1.165) is 32.2 Å². The molecule has 0 amide bonds. The molecular formula is C12H24BNO4S. The highest BCUT2D eigenvalue weighted by Gasteiger charge is 2.41. The Morgan fingerprint density at radius 1 is 1.32 bits per heavy atom. The van der Waals surface area contributed by atoms with Gasteiger partial charge in [0.15, 0.2) is 0 Å². The van der Waals surface area contributed by atoms with Crippen molar-refractivity contribution in [2.75, 3.05) is 26.0 Å². The van der Waals surface area contributed by atoms with E-state index in [0.29, 0.717) is 13.2 Å². The maximum absolute atomic E-state index is 10.1. The summed E-state index contributed by atoms with van der Waals surface area (Å²) in [6.07, 6.45) is 4.39. The van der Waals surface area contributed by atoms with Crippen molar-refractivity contribution in [3.63, 3.8) is 0 Å². The van der Waals surface area contributed by atoms with Gasteiger partial charge < -0.3 is 24.5 Å². The van der Waals surface area contributed by atoms with E-state index in [-0.39, 0.29) is 0 Å². The number of rotatable bonds is 10. The Kier molecular flexibility index (Phi) is 9.10. The lowest BCUT2D eigenvalue weighted by atomic mass is 9.93. The van der Waals surface area contributed by atoms with Gasteiger partial charge in [0.05, 0.1) is 6.61 Å². The molecule has 0 aromatic rings. The Bertz CT molecular complexity index is 238. The van der Waals surface area contributed by atoms with Gasteiger partial charge in [-0.1, -0.05) is 12.8 Å². The molecule has 2 radical (unpaired) electrons. The normalized spacial score (nSPS) is 30.9. The predicted molar refractivity (Wildman–Crippen MR) is 77.2 cm³/mol. The second-order valence-electron chi connectivity index (χ2n) is 4.62. The highest BCUT2D eigenvalue weighted by molar-refractivity contribution is 7.93. The van der Waals surface area contributed by atoms with Crippen LogP contribution < -0.4 is 5.73 Å². The summed E-state index contributed by atoms with van der Waals surface area (Å²) in [5.41, 5.74) is 5.42. The third-order valence-corrected chi connectivity index (χ3v) is 3.50. The Hall–Kier alpha value is 0.215. The van der Waals surface area contributed by atoms with E-state index in [1.807, 2.05) is 6.26 Å². The van der Waals surface area contributed by atoms with Crippen molar-refractivity contribution in [3.05, 3.63) is 0 Å². The number of hydrogen-bond donors (Lipinski definition) is 2. The second kappa shape index (κ2) is 10.0. The van der Waals surface area contributed by atoms with Crippen LogP contribution >= 0.6 is 12.0 Å². The third kappa shape index (κ3) is 6.02. The zero-order valence-corrected chi connectivity index (χ0v) is 12.3. The molecule has 1 saturated heterocycles. The fourth-order valence-electron chi connectivity index (χ4n) is 2.05. The fourth-order valence-corrected chi connectivity index (χ4v) is 2.32. The van der Waals surface area contributed by atoms with Crippen LogP contribution in [0.5, 0.6) is 0 Å². The van der Waals surface area contributed by atoms with E-state index in [1.165, 1.54) is 12.0 Å². The number of aliphatic hydroxyl groups excluding tert-OH is 1. The molecule has 0 aliphatic carbocycles. The third-order valence-electron chi connectivity index (χ3n) is 3.13. The zero-order chi connectivity index (χ0) is 14.1. The van der Waals surface area contributed by atoms with E-state index in [4.69, 9.17) is 27.2 Å². The Morgan fingerprint density at radius 2 is 2.05 bits per heavy atom. The van der Waals surface area contributed by atoms with Crippen molar-refractivity contribution in [3.8, 4) is 0 Å².